The molecule has 0 aromatic heterocycles. The highest BCUT2D eigenvalue weighted by molar-refractivity contribution is 8.18. The zero-order valence-electron chi connectivity index (χ0n) is 18.7. The predicted molar refractivity (Wildman–Crippen MR) is 135 cm³/mol. The summed E-state index contributed by atoms with van der Waals surface area (Å²) in [6, 6.07) is 24.1. The monoisotopic (exact) mass is 473 g/mol. The molecule has 3 aromatic carbocycles. The van der Waals surface area contributed by atoms with Gasteiger partial charge in [0, 0.05) is 0 Å². The molecule has 0 bridgehead atoms. The maximum atomic E-state index is 12.6. The third-order valence-corrected chi connectivity index (χ3v) is 5.83. The van der Waals surface area contributed by atoms with Crippen LogP contribution in [0.3, 0.4) is 0 Å². The summed E-state index contributed by atoms with van der Waals surface area (Å²) >= 11 is 1.20. The number of carbonyl (C=O) groups is 1. The number of benzene rings is 3. The number of aliphatic hydroxyl groups excluding tert-OH is 1. The van der Waals surface area contributed by atoms with Crippen LogP contribution in [0.1, 0.15) is 12.5 Å². The van der Waals surface area contributed by atoms with Crippen molar-refractivity contribution in [3.8, 4) is 17.2 Å². The van der Waals surface area contributed by atoms with Crippen LogP contribution in [0.4, 0.5) is 5.69 Å². The first-order chi connectivity index (χ1) is 16.6. The Kier molecular flexibility index (Phi) is 7.34. The number of para-hydroxylation sites is 1. The van der Waals surface area contributed by atoms with Crippen molar-refractivity contribution in [1.82, 2.24) is 0 Å². The fourth-order valence-electron chi connectivity index (χ4n) is 3.21. The molecule has 0 radical (unpaired) electrons. The Morgan fingerprint density at radius 2 is 1.71 bits per heavy atom. The van der Waals surface area contributed by atoms with Crippen LogP contribution in [0, 0.1) is 0 Å². The Hall–Kier alpha value is -3.97. The fourth-order valence-corrected chi connectivity index (χ4v) is 4.24. The van der Waals surface area contributed by atoms with Crippen molar-refractivity contribution >= 4 is 34.5 Å². The third kappa shape index (κ3) is 5.50. The fraction of sp³-hybridized carbons (Fsp3) is 0.111. The number of esters is 1. The number of aliphatic hydroxyl groups is 1. The highest BCUT2D eigenvalue weighted by Crippen LogP contribution is 2.40. The molecule has 0 fully saturated rings. The van der Waals surface area contributed by atoms with E-state index in [1.54, 1.807) is 44.4 Å². The number of hydrogen-bond donors (Lipinski definition) is 1. The van der Waals surface area contributed by atoms with Crippen molar-refractivity contribution in [3.05, 3.63) is 101 Å². The van der Waals surface area contributed by atoms with Crippen molar-refractivity contribution in [2.75, 3.05) is 13.7 Å². The summed E-state index contributed by atoms with van der Waals surface area (Å²) in [6.07, 6.45) is 1.79. The Labute approximate surface area is 202 Å². The molecule has 4 rings (SSSR count). The summed E-state index contributed by atoms with van der Waals surface area (Å²) < 4.78 is 16.3. The molecular formula is C27H23NO5S. The molecule has 1 N–H and O–H groups in total. The van der Waals surface area contributed by atoms with Crippen LogP contribution in [-0.2, 0) is 9.53 Å². The highest BCUT2D eigenvalue weighted by atomic mass is 32.2. The topological polar surface area (TPSA) is 77.4 Å². The van der Waals surface area contributed by atoms with Crippen LogP contribution in [0.25, 0.3) is 6.08 Å². The molecule has 0 unspecified atom stereocenters. The zero-order chi connectivity index (χ0) is 23.9. The SMILES string of the molecule is CCOC(=O)C1=C(O)C(=Cc2cccc(Oc3ccccc3)c2)SC1=Nc1ccc(OC)cc1. The van der Waals surface area contributed by atoms with Gasteiger partial charge < -0.3 is 19.3 Å². The van der Waals surface area contributed by atoms with Gasteiger partial charge in [0.15, 0.2) is 0 Å². The van der Waals surface area contributed by atoms with E-state index in [1.165, 1.54) is 11.8 Å². The van der Waals surface area contributed by atoms with Crippen LogP contribution < -0.4 is 9.47 Å². The maximum absolute atomic E-state index is 12.6. The number of thioether (sulfide) groups is 1. The van der Waals surface area contributed by atoms with Crippen molar-refractivity contribution in [2.24, 2.45) is 4.99 Å². The first-order valence-electron chi connectivity index (χ1n) is 10.6. The molecule has 34 heavy (non-hydrogen) atoms. The summed E-state index contributed by atoms with van der Waals surface area (Å²) in [6.45, 7) is 1.90. The van der Waals surface area contributed by atoms with E-state index in [2.05, 4.69) is 4.99 Å². The summed E-state index contributed by atoms with van der Waals surface area (Å²) in [5.74, 6) is 1.30. The zero-order valence-corrected chi connectivity index (χ0v) is 19.5. The highest BCUT2D eigenvalue weighted by Gasteiger charge is 2.33. The molecule has 0 saturated carbocycles. The van der Waals surface area contributed by atoms with E-state index in [0.717, 1.165) is 11.3 Å². The molecule has 1 aliphatic rings. The minimum atomic E-state index is -0.621. The van der Waals surface area contributed by atoms with E-state index in [1.807, 2.05) is 54.6 Å². The first-order valence-corrected chi connectivity index (χ1v) is 11.5. The minimum absolute atomic E-state index is 0.0469. The lowest BCUT2D eigenvalue weighted by molar-refractivity contribution is -0.138. The van der Waals surface area contributed by atoms with Gasteiger partial charge in [0.1, 0.15) is 33.6 Å². The molecule has 0 spiro atoms. The van der Waals surface area contributed by atoms with Gasteiger partial charge in [0.05, 0.1) is 24.3 Å². The molecular weight excluding hydrogens is 450 g/mol. The smallest absolute Gasteiger partial charge is 0.344 e. The van der Waals surface area contributed by atoms with Gasteiger partial charge in [0.25, 0.3) is 0 Å². The quantitative estimate of drug-likeness (QED) is 0.386. The van der Waals surface area contributed by atoms with Crippen LogP contribution in [-0.4, -0.2) is 29.8 Å². The minimum Gasteiger partial charge on any atom is -0.506 e. The van der Waals surface area contributed by atoms with Gasteiger partial charge in [-0.2, -0.15) is 0 Å². The number of carbonyl (C=O) groups excluding carboxylic acids is 1. The van der Waals surface area contributed by atoms with Gasteiger partial charge in [-0.25, -0.2) is 9.79 Å². The van der Waals surface area contributed by atoms with E-state index < -0.39 is 5.97 Å². The molecule has 0 saturated heterocycles. The van der Waals surface area contributed by atoms with Gasteiger partial charge in [-0.3, -0.25) is 0 Å². The largest absolute Gasteiger partial charge is 0.506 e. The average Bonchev–Trinajstić information content (AvgIpc) is 3.15. The van der Waals surface area contributed by atoms with E-state index in [0.29, 0.717) is 27.1 Å². The molecule has 0 atom stereocenters. The lowest BCUT2D eigenvalue weighted by Gasteiger charge is -2.06. The molecule has 1 aliphatic heterocycles. The second-order valence-electron chi connectivity index (χ2n) is 7.16. The Bertz CT molecular complexity index is 1260. The van der Waals surface area contributed by atoms with E-state index in [-0.39, 0.29) is 17.9 Å². The third-order valence-electron chi connectivity index (χ3n) is 4.81. The summed E-state index contributed by atoms with van der Waals surface area (Å²) in [7, 11) is 1.59. The number of ether oxygens (including phenoxy) is 3. The maximum Gasteiger partial charge on any atom is 0.344 e. The Morgan fingerprint density at radius 1 is 0.971 bits per heavy atom. The molecule has 7 heteroatoms. The Balaban J connectivity index is 1.66. The van der Waals surface area contributed by atoms with Crippen LogP contribution in [0.5, 0.6) is 17.2 Å². The van der Waals surface area contributed by atoms with Gasteiger partial charge in [-0.05, 0) is 67.1 Å². The molecule has 172 valence electrons. The number of rotatable bonds is 7. The van der Waals surface area contributed by atoms with Gasteiger partial charge >= 0.3 is 5.97 Å². The van der Waals surface area contributed by atoms with Crippen molar-refractivity contribution in [2.45, 2.75) is 6.92 Å². The summed E-state index contributed by atoms with van der Waals surface area (Å²) in [4.78, 5) is 17.7. The average molecular weight is 474 g/mol. The Morgan fingerprint density at radius 3 is 2.41 bits per heavy atom. The van der Waals surface area contributed by atoms with Crippen molar-refractivity contribution in [1.29, 1.82) is 0 Å². The van der Waals surface area contributed by atoms with Crippen LogP contribution >= 0.6 is 11.8 Å². The lowest BCUT2D eigenvalue weighted by Crippen LogP contribution is -2.12. The molecule has 0 amide bonds. The van der Waals surface area contributed by atoms with E-state index in [4.69, 9.17) is 14.2 Å². The first kappa shape index (κ1) is 23.2. The molecule has 3 aromatic rings. The van der Waals surface area contributed by atoms with Gasteiger partial charge in [-0.15, -0.1) is 0 Å². The van der Waals surface area contributed by atoms with Gasteiger partial charge in [0.2, 0.25) is 0 Å². The van der Waals surface area contributed by atoms with Crippen LogP contribution in [0.2, 0.25) is 0 Å². The number of methoxy groups -OCH3 is 1. The lowest BCUT2D eigenvalue weighted by atomic mass is 10.1. The normalized spacial score (nSPS) is 15.6. The van der Waals surface area contributed by atoms with Crippen molar-refractivity contribution in [3.63, 3.8) is 0 Å². The second-order valence-corrected chi connectivity index (χ2v) is 8.19. The predicted octanol–water partition coefficient (Wildman–Crippen LogP) is 6.68. The standard InChI is InChI=1S/C27H23NO5S/c1-3-32-27(30)24-25(29)23(34-26(24)28-19-12-14-20(31-2)15-13-19)17-18-8-7-11-22(16-18)33-21-9-5-4-6-10-21/h4-17,29H,3H2,1-2H3. The molecule has 6 nitrogen and oxygen atoms in total. The van der Waals surface area contributed by atoms with Crippen LogP contribution in [0.15, 0.2) is 100 Å². The van der Waals surface area contributed by atoms with Crippen molar-refractivity contribution < 1.29 is 24.1 Å². The van der Waals surface area contributed by atoms with Gasteiger partial charge in [-0.1, -0.05) is 42.1 Å². The number of hydrogen-bond acceptors (Lipinski definition) is 7. The van der Waals surface area contributed by atoms with E-state index >= 15 is 0 Å². The number of nitrogens with zero attached hydrogens (tertiary/aromatic N) is 1. The summed E-state index contributed by atoms with van der Waals surface area (Å²) in [5, 5.41) is 11.3. The molecule has 1 heterocycles. The van der Waals surface area contributed by atoms with E-state index in [9.17, 15) is 9.90 Å². The second kappa shape index (κ2) is 10.8. The molecule has 0 aliphatic carbocycles. The summed E-state index contributed by atoms with van der Waals surface area (Å²) in [5.41, 5.74) is 1.47. The number of aliphatic imine (C=N–C) groups is 1.